The predicted octanol–water partition coefficient (Wildman–Crippen LogP) is 0.0634. The second-order valence-corrected chi connectivity index (χ2v) is 4.79. The van der Waals surface area contributed by atoms with Crippen LogP contribution < -0.4 is 10.5 Å². The van der Waals surface area contributed by atoms with Crippen LogP contribution in [-0.2, 0) is 16.6 Å². The van der Waals surface area contributed by atoms with Gasteiger partial charge in [0, 0.05) is 0 Å². The van der Waals surface area contributed by atoms with Gasteiger partial charge < -0.3 is 10.2 Å². The number of sulfonamides is 1. The normalized spacial score (nSPS) is 11.8. The number of hydrogen-bond acceptors (Lipinski definition) is 5. The van der Waals surface area contributed by atoms with Gasteiger partial charge in [0.05, 0.1) is 19.0 Å². The maximum atomic E-state index is 11.7. The van der Waals surface area contributed by atoms with E-state index in [4.69, 9.17) is 10.2 Å². The zero-order chi connectivity index (χ0) is 11.6. The van der Waals surface area contributed by atoms with Gasteiger partial charge in [0.15, 0.2) is 0 Å². The van der Waals surface area contributed by atoms with Gasteiger partial charge in [0.25, 0.3) is 0 Å². The molecule has 0 spiro atoms. The first kappa shape index (κ1) is 10.7. The third-order valence-electron chi connectivity index (χ3n) is 1.94. The molecular formula is C8H10N4O3S. The van der Waals surface area contributed by atoms with Gasteiger partial charge in [-0.15, -0.1) is 0 Å². The number of hydrogen-bond donors (Lipinski definition) is 3. The van der Waals surface area contributed by atoms with E-state index in [9.17, 15) is 8.42 Å². The number of nitrogens with one attached hydrogen (secondary N) is 2. The molecule has 4 N–H and O–H groups in total. The van der Waals surface area contributed by atoms with Crippen LogP contribution in [0.5, 0.6) is 0 Å². The first-order chi connectivity index (χ1) is 7.59. The molecule has 0 saturated carbocycles. The number of rotatable bonds is 4. The Bertz CT molecular complexity index is 558. The first-order valence-electron chi connectivity index (χ1n) is 4.40. The summed E-state index contributed by atoms with van der Waals surface area (Å²) in [6, 6.07) is 3.34. The van der Waals surface area contributed by atoms with Crippen LogP contribution in [0, 0.1) is 0 Å². The standard InChI is InChI=1S/C8H10N4O3S/c9-8-7(5-10-12-8)16(13,14)11-4-6-2-1-3-15-6/h1-3,5,11H,4H2,(H3,9,10,12). The van der Waals surface area contributed by atoms with E-state index in [2.05, 4.69) is 14.9 Å². The van der Waals surface area contributed by atoms with Crippen molar-refractivity contribution in [2.75, 3.05) is 5.73 Å². The molecule has 0 aliphatic heterocycles. The fourth-order valence-electron chi connectivity index (χ4n) is 1.16. The quantitative estimate of drug-likeness (QED) is 0.701. The molecule has 0 radical (unpaired) electrons. The number of aromatic nitrogens is 2. The van der Waals surface area contributed by atoms with Crippen molar-refractivity contribution in [3.63, 3.8) is 0 Å². The molecule has 8 heteroatoms. The van der Waals surface area contributed by atoms with E-state index in [1.807, 2.05) is 0 Å². The molecule has 0 bridgehead atoms. The molecule has 2 heterocycles. The summed E-state index contributed by atoms with van der Waals surface area (Å²) in [7, 11) is -3.65. The molecule has 2 aromatic rings. The Kier molecular flexibility index (Phi) is 2.67. The number of anilines is 1. The maximum absolute atomic E-state index is 11.7. The molecule has 7 nitrogen and oxygen atoms in total. The van der Waals surface area contributed by atoms with E-state index in [1.54, 1.807) is 12.1 Å². The molecule has 0 aliphatic carbocycles. The molecule has 0 saturated heterocycles. The molecule has 16 heavy (non-hydrogen) atoms. The topological polar surface area (TPSA) is 114 Å². The second-order valence-electron chi connectivity index (χ2n) is 3.05. The molecule has 2 aromatic heterocycles. The van der Waals surface area contributed by atoms with Crippen LogP contribution in [0.1, 0.15) is 5.76 Å². The van der Waals surface area contributed by atoms with Crippen LogP contribution in [0.3, 0.4) is 0 Å². The lowest BCUT2D eigenvalue weighted by molar-refractivity contribution is 0.498. The number of H-pyrrole nitrogens is 1. The lowest BCUT2D eigenvalue weighted by atomic mass is 10.5. The highest BCUT2D eigenvalue weighted by molar-refractivity contribution is 7.89. The van der Waals surface area contributed by atoms with Crippen molar-refractivity contribution in [3.8, 4) is 0 Å². The van der Waals surface area contributed by atoms with E-state index in [1.165, 1.54) is 6.26 Å². The summed E-state index contributed by atoms with van der Waals surface area (Å²) in [6.45, 7) is 0.0694. The van der Waals surface area contributed by atoms with Gasteiger partial charge >= 0.3 is 0 Å². The van der Waals surface area contributed by atoms with Gasteiger partial charge in [-0.1, -0.05) is 0 Å². The van der Waals surface area contributed by atoms with E-state index < -0.39 is 10.0 Å². The highest BCUT2D eigenvalue weighted by Gasteiger charge is 2.19. The predicted molar refractivity (Wildman–Crippen MR) is 55.7 cm³/mol. The number of nitrogens with zero attached hydrogens (tertiary/aromatic N) is 1. The summed E-state index contributed by atoms with van der Waals surface area (Å²) in [4.78, 5) is -0.0703. The highest BCUT2D eigenvalue weighted by Crippen LogP contribution is 2.14. The van der Waals surface area contributed by atoms with Crippen molar-refractivity contribution in [3.05, 3.63) is 30.4 Å². The fraction of sp³-hybridized carbons (Fsp3) is 0.125. The lowest BCUT2D eigenvalue weighted by Crippen LogP contribution is -2.23. The van der Waals surface area contributed by atoms with Crippen molar-refractivity contribution >= 4 is 15.8 Å². The summed E-state index contributed by atoms with van der Waals surface area (Å²) >= 11 is 0. The Hall–Kier alpha value is -1.80. The Morgan fingerprint density at radius 2 is 2.38 bits per heavy atom. The first-order valence-corrected chi connectivity index (χ1v) is 5.89. The van der Waals surface area contributed by atoms with E-state index in [0.29, 0.717) is 5.76 Å². The number of nitrogens with two attached hydrogens (primary N) is 1. The van der Waals surface area contributed by atoms with Crippen LogP contribution in [0.2, 0.25) is 0 Å². The van der Waals surface area contributed by atoms with Crippen molar-refractivity contribution in [2.24, 2.45) is 0 Å². The van der Waals surface area contributed by atoms with Crippen molar-refractivity contribution in [1.82, 2.24) is 14.9 Å². The van der Waals surface area contributed by atoms with Gasteiger partial charge in [-0.25, -0.2) is 13.1 Å². The lowest BCUT2D eigenvalue weighted by Gasteiger charge is -2.03. The molecule has 2 rings (SSSR count). The van der Waals surface area contributed by atoms with Gasteiger partial charge in [0.1, 0.15) is 16.5 Å². The van der Waals surface area contributed by atoms with Crippen molar-refractivity contribution in [2.45, 2.75) is 11.4 Å². The molecule has 0 amide bonds. The average molecular weight is 242 g/mol. The molecule has 0 aromatic carbocycles. The number of aromatic amines is 1. The van der Waals surface area contributed by atoms with Gasteiger partial charge in [-0.2, -0.15) is 5.10 Å². The molecule has 0 aliphatic rings. The zero-order valence-electron chi connectivity index (χ0n) is 8.17. The van der Waals surface area contributed by atoms with E-state index in [-0.39, 0.29) is 17.3 Å². The smallest absolute Gasteiger partial charge is 0.246 e. The molecule has 0 atom stereocenters. The average Bonchev–Trinajstić information content (AvgIpc) is 2.85. The highest BCUT2D eigenvalue weighted by atomic mass is 32.2. The SMILES string of the molecule is Nc1[nH]ncc1S(=O)(=O)NCc1ccco1. The van der Waals surface area contributed by atoms with Crippen molar-refractivity contribution < 1.29 is 12.8 Å². The Morgan fingerprint density at radius 1 is 1.56 bits per heavy atom. The summed E-state index contributed by atoms with van der Waals surface area (Å²) in [5.74, 6) is 0.526. The van der Waals surface area contributed by atoms with E-state index in [0.717, 1.165) is 6.20 Å². The second kappa shape index (κ2) is 3.99. The number of furan rings is 1. The Labute approximate surface area is 91.7 Å². The summed E-state index contributed by atoms with van der Waals surface area (Å²) in [5.41, 5.74) is 5.41. The van der Waals surface area contributed by atoms with E-state index >= 15 is 0 Å². The fourth-order valence-corrected chi connectivity index (χ4v) is 2.17. The molecule has 0 fully saturated rings. The minimum atomic E-state index is -3.65. The third-order valence-corrected chi connectivity index (χ3v) is 3.37. The monoisotopic (exact) mass is 242 g/mol. The minimum Gasteiger partial charge on any atom is -0.468 e. The molecule has 86 valence electrons. The van der Waals surface area contributed by atoms with Gasteiger partial charge in [0.2, 0.25) is 10.0 Å². The van der Waals surface area contributed by atoms with Crippen LogP contribution in [0.15, 0.2) is 33.9 Å². The number of nitrogen functional groups attached to an aromatic ring is 1. The van der Waals surface area contributed by atoms with Crippen LogP contribution >= 0.6 is 0 Å². The minimum absolute atomic E-state index is 0.00643. The third kappa shape index (κ3) is 2.07. The van der Waals surface area contributed by atoms with Gasteiger partial charge in [-0.3, -0.25) is 5.10 Å². The van der Waals surface area contributed by atoms with Crippen LogP contribution in [0.25, 0.3) is 0 Å². The Morgan fingerprint density at radius 3 is 2.94 bits per heavy atom. The largest absolute Gasteiger partial charge is 0.468 e. The summed E-state index contributed by atoms with van der Waals surface area (Å²) in [5, 5.41) is 5.89. The molecular weight excluding hydrogens is 232 g/mol. The Balaban J connectivity index is 2.13. The summed E-state index contributed by atoms with van der Waals surface area (Å²) in [6.07, 6.45) is 2.62. The maximum Gasteiger partial charge on any atom is 0.246 e. The van der Waals surface area contributed by atoms with Crippen LogP contribution in [0.4, 0.5) is 5.82 Å². The van der Waals surface area contributed by atoms with Gasteiger partial charge in [-0.05, 0) is 12.1 Å². The molecule has 0 unspecified atom stereocenters. The summed E-state index contributed by atoms with van der Waals surface area (Å²) < 4.78 is 30.8. The zero-order valence-corrected chi connectivity index (χ0v) is 8.99. The van der Waals surface area contributed by atoms with Crippen LogP contribution in [-0.4, -0.2) is 18.6 Å². The van der Waals surface area contributed by atoms with Crippen molar-refractivity contribution in [1.29, 1.82) is 0 Å².